The first kappa shape index (κ1) is 26.3. The molecule has 1 fully saturated rings. The lowest BCUT2D eigenvalue weighted by molar-refractivity contribution is 0.170. The second-order valence-corrected chi connectivity index (χ2v) is 10.5. The summed E-state index contributed by atoms with van der Waals surface area (Å²) in [6.07, 6.45) is 2.30. The van der Waals surface area contributed by atoms with E-state index in [2.05, 4.69) is 5.10 Å². The van der Waals surface area contributed by atoms with Gasteiger partial charge >= 0.3 is 6.09 Å². The van der Waals surface area contributed by atoms with E-state index in [0.29, 0.717) is 5.75 Å². The van der Waals surface area contributed by atoms with E-state index in [1.165, 1.54) is 32.4 Å². The third-order valence-corrected chi connectivity index (χ3v) is 8.22. The molecule has 3 aromatic rings. The average Bonchev–Trinajstić information content (AvgIpc) is 3.50. The predicted molar refractivity (Wildman–Crippen MR) is 131 cm³/mol. The molecule has 10 nitrogen and oxygen atoms in total. The molecule has 2 unspecified atom stereocenters. The zero-order valence-corrected chi connectivity index (χ0v) is 21.4. The number of benzene rings is 2. The summed E-state index contributed by atoms with van der Waals surface area (Å²) in [7, 11) is -0.105. The summed E-state index contributed by atoms with van der Waals surface area (Å²) in [6, 6.07) is 9.77. The maximum atomic E-state index is 15.1. The summed E-state index contributed by atoms with van der Waals surface area (Å²) in [5, 5.41) is 13.9. The lowest BCUT2D eigenvalue weighted by Gasteiger charge is -2.23. The third kappa shape index (κ3) is 5.33. The van der Waals surface area contributed by atoms with Crippen molar-refractivity contribution in [3.63, 3.8) is 0 Å². The van der Waals surface area contributed by atoms with Crippen molar-refractivity contribution in [3.8, 4) is 17.2 Å². The molecule has 0 aliphatic heterocycles. The van der Waals surface area contributed by atoms with Gasteiger partial charge in [-0.25, -0.2) is 17.6 Å². The fourth-order valence-electron chi connectivity index (χ4n) is 4.60. The fraction of sp³-hybridized carbons (Fsp3) is 0.360. The maximum Gasteiger partial charge on any atom is 0.421 e. The number of carboxylic acid groups (broad SMARTS) is 1. The molecule has 0 bridgehead atoms. The monoisotopic (exact) mass is 533 g/mol. The fourth-order valence-corrected chi connectivity index (χ4v) is 5.90. The van der Waals surface area contributed by atoms with Crippen LogP contribution in [-0.2, 0) is 23.6 Å². The number of aryl methyl sites for hydroxylation is 1. The van der Waals surface area contributed by atoms with Gasteiger partial charge in [-0.2, -0.15) is 9.40 Å². The number of methoxy groups -OCH3 is 2. The molecule has 37 heavy (non-hydrogen) atoms. The van der Waals surface area contributed by atoms with Crippen LogP contribution in [0.3, 0.4) is 0 Å². The number of carbonyl (C=O) groups is 1. The highest BCUT2D eigenvalue weighted by atomic mass is 32.2. The molecule has 2 atom stereocenters. The van der Waals surface area contributed by atoms with E-state index < -0.39 is 33.4 Å². The van der Waals surface area contributed by atoms with Gasteiger partial charge in [-0.05, 0) is 49.6 Å². The van der Waals surface area contributed by atoms with Crippen LogP contribution in [0.25, 0.3) is 0 Å². The number of sulfonamides is 1. The van der Waals surface area contributed by atoms with Gasteiger partial charge in [0, 0.05) is 42.6 Å². The van der Waals surface area contributed by atoms with E-state index in [-0.39, 0.29) is 33.4 Å². The largest absolute Gasteiger partial charge is 0.497 e. The number of rotatable bonds is 9. The van der Waals surface area contributed by atoms with Gasteiger partial charge in [-0.1, -0.05) is 0 Å². The second-order valence-electron chi connectivity index (χ2n) is 8.64. The normalized spacial score (nSPS) is 17.4. The molecular formula is C25H28FN3O7S. The van der Waals surface area contributed by atoms with Crippen LogP contribution in [0.2, 0.25) is 0 Å². The van der Waals surface area contributed by atoms with Crippen molar-refractivity contribution in [1.82, 2.24) is 14.1 Å². The average molecular weight is 534 g/mol. The third-order valence-electron chi connectivity index (χ3n) is 6.47. The quantitative estimate of drug-likeness (QED) is 0.435. The number of nitrogens with zero attached hydrogens (tertiary/aromatic N) is 3. The van der Waals surface area contributed by atoms with E-state index in [1.54, 1.807) is 16.9 Å². The summed E-state index contributed by atoms with van der Waals surface area (Å²) >= 11 is 0. The predicted octanol–water partition coefficient (Wildman–Crippen LogP) is 4.16. The number of amides is 1. The van der Waals surface area contributed by atoms with Crippen LogP contribution in [0.1, 0.15) is 36.4 Å². The van der Waals surface area contributed by atoms with E-state index in [4.69, 9.17) is 14.2 Å². The Kier molecular flexibility index (Phi) is 7.58. The highest BCUT2D eigenvalue weighted by molar-refractivity contribution is 7.89. The van der Waals surface area contributed by atoms with Crippen LogP contribution in [0.4, 0.5) is 9.18 Å². The Morgan fingerprint density at radius 2 is 1.89 bits per heavy atom. The lowest BCUT2D eigenvalue weighted by Crippen LogP contribution is -2.35. The van der Waals surface area contributed by atoms with Crippen molar-refractivity contribution in [2.75, 3.05) is 14.2 Å². The molecule has 4 rings (SSSR count). The first-order valence-corrected chi connectivity index (χ1v) is 13.0. The SMILES string of the molecule is COc1ccc(CN(C(=O)O)S(=O)(=O)c2ccc(OC3CCCC3c3ccnn3C)cc2F)c(OC)c1. The molecule has 198 valence electrons. The number of hydrogen-bond acceptors (Lipinski definition) is 7. The Balaban J connectivity index is 1.58. The summed E-state index contributed by atoms with van der Waals surface area (Å²) in [4.78, 5) is 11.2. The van der Waals surface area contributed by atoms with Gasteiger partial charge in [0.05, 0.1) is 20.8 Å². The van der Waals surface area contributed by atoms with E-state index in [9.17, 15) is 18.3 Å². The van der Waals surface area contributed by atoms with Gasteiger partial charge < -0.3 is 19.3 Å². The second kappa shape index (κ2) is 10.7. The molecule has 1 aliphatic rings. The highest BCUT2D eigenvalue weighted by Crippen LogP contribution is 2.37. The first-order chi connectivity index (χ1) is 17.6. The van der Waals surface area contributed by atoms with E-state index in [0.717, 1.165) is 37.1 Å². The number of halogens is 1. The zero-order chi connectivity index (χ0) is 26.7. The smallest absolute Gasteiger partial charge is 0.421 e. The van der Waals surface area contributed by atoms with Crippen molar-refractivity contribution in [1.29, 1.82) is 0 Å². The van der Waals surface area contributed by atoms with Crippen LogP contribution in [0, 0.1) is 5.82 Å². The van der Waals surface area contributed by atoms with E-state index >= 15 is 4.39 Å². The maximum absolute atomic E-state index is 15.1. The standard InChI is InChI=1S/C25H28FN3O7S/c1-28-21(11-12-27-28)19-5-4-6-22(19)36-18-9-10-24(20(26)13-18)37(32,33)29(25(30)31)15-16-7-8-17(34-2)14-23(16)35-3/h7-14,19,22H,4-6,15H2,1-3H3,(H,30,31). The highest BCUT2D eigenvalue weighted by Gasteiger charge is 2.35. The van der Waals surface area contributed by atoms with Gasteiger partial charge in [-0.15, -0.1) is 0 Å². The summed E-state index contributed by atoms with van der Waals surface area (Å²) < 4.78 is 59.9. The van der Waals surface area contributed by atoms with Crippen LogP contribution in [0.15, 0.2) is 53.6 Å². The van der Waals surface area contributed by atoms with Gasteiger partial charge in [0.1, 0.15) is 34.1 Å². The van der Waals surface area contributed by atoms with Crippen molar-refractivity contribution in [3.05, 3.63) is 65.7 Å². The molecule has 1 heterocycles. The molecular weight excluding hydrogens is 505 g/mol. The summed E-state index contributed by atoms with van der Waals surface area (Å²) in [5.74, 6) is -0.208. The zero-order valence-electron chi connectivity index (χ0n) is 20.6. The molecule has 1 amide bonds. The van der Waals surface area contributed by atoms with Gasteiger partial charge in [0.25, 0.3) is 10.0 Å². The van der Waals surface area contributed by atoms with Gasteiger partial charge in [0.2, 0.25) is 0 Å². The molecule has 0 radical (unpaired) electrons. The minimum absolute atomic E-state index is 0.0703. The first-order valence-electron chi connectivity index (χ1n) is 11.6. The van der Waals surface area contributed by atoms with Crippen molar-refractivity contribution < 1.29 is 36.9 Å². The molecule has 0 saturated heterocycles. The van der Waals surface area contributed by atoms with Crippen LogP contribution in [-0.4, -0.2) is 54.0 Å². The summed E-state index contributed by atoms with van der Waals surface area (Å²) in [6.45, 7) is -0.586. The molecule has 1 saturated carbocycles. The van der Waals surface area contributed by atoms with Crippen molar-refractivity contribution in [2.45, 2.75) is 42.7 Å². The number of ether oxygens (including phenoxy) is 3. The van der Waals surface area contributed by atoms with Crippen molar-refractivity contribution >= 4 is 16.1 Å². The Morgan fingerprint density at radius 1 is 1.14 bits per heavy atom. The van der Waals surface area contributed by atoms with Gasteiger partial charge in [0.15, 0.2) is 0 Å². The Morgan fingerprint density at radius 3 is 2.51 bits per heavy atom. The van der Waals surface area contributed by atoms with Gasteiger partial charge in [-0.3, -0.25) is 4.68 Å². The molecule has 1 aromatic heterocycles. The number of aromatic nitrogens is 2. The lowest BCUT2D eigenvalue weighted by atomic mass is 10.0. The molecule has 12 heteroatoms. The Hall–Kier alpha value is -3.80. The molecule has 0 spiro atoms. The molecule has 1 aliphatic carbocycles. The Labute approximate surface area is 214 Å². The summed E-state index contributed by atoms with van der Waals surface area (Å²) in [5.41, 5.74) is 1.27. The van der Waals surface area contributed by atoms with Crippen LogP contribution < -0.4 is 14.2 Å². The minimum atomic E-state index is -4.76. The van der Waals surface area contributed by atoms with E-state index in [1.807, 2.05) is 13.1 Å². The molecule has 2 aromatic carbocycles. The topological polar surface area (TPSA) is 120 Å². The minimum Gasteiger partial charge on any atom is -0.497 e. The van der Waals surface area contributed by atoms with Crippen molar-refractivity contribution in [2.24, 2.45) is 7.05 Å². The Bertz CT molecular complexity index is 1390. The molecule has 1 N–H and O–H groups in total. The van der Waals surface area contributed by atoms with Crippen LogP contribution >= 0.6 is 0 Å². The van der Waals surface area contributed by atoms with Crippen LogP contribution in [0.5, 0.6) is 17.2 Å². The number of hydrogen-bond donors (Lipinski definition) is 1.